The fourth-order valence-electron chi connectivity index (χ4n) is 3.69. The minimum absolute atomic E-state index is 0.0933. The van der Waals surface area contributed by atoms with Crippen LogP contribution in [0.4, 0.5) is 4.79 Å². The van der Waals surface area contributed by atoms with Crippen molar-refractivity contribution in [2.75, 3.05) is 13.8 Å². The topological polar surface area (TPSA) is 67.9 Å². The molecular weight excluding hydrogens is 308 g/mol. The van der Waals surface area contributed by atoms with Crippen LogP contribution in [0.3, 0.4) is 0 Å². The molecule has 0 spiro atoms. The molecule has 6 nitrogen and oxygen atoms in total. The van der Waals surface area contributed by atoms with Crippen LogP contribution in [0.5, 0.6) is 11.5 Å². The molecule has 1 N–H and O–H groups in total. The number of urea groups is 1. The summed E-state index contributed by atoms with van der Waals surface area (Å²) in [6.07, 6.45) is 1.19. The van der Waals surface area contributed by atoms with Gasteiger partial charge in [-0.25, -0.2) is 4.79 Å². The van der Waals surface area contributed by atoms with E-state index in [1.807, 2.05) is 18.2 Å². The molecule has 2 amide bonds. The minimum Gasteiger partial charge on any atom is -0.454 e. The summed E-state index contributed by atoms with van der Waals surface area (Å²) in [5.74, 6) is 1.42. The second-order valence-corrected chi connectivity index (χ2v) is 7.36. The second-order valence-electron chi connectivity index (χ2n) is 7.36. The molecule has 1 aliphatic carbocycles. The lowest BCUT2D eigenvalue weighted by molar-refractivity contribution is -0.118. The van der Waals surface area contributed by atoms with E-state index in [1.54, 1.807) is 11.9 Å². The number of hydrogen-bond donors (Lipinski definition) is 1. The Hall–Kier alpha value is -2.50. The third-order valence-corrected chi connectivity index (χ3v) is 4.89. The highest BCUT2D eigenvalue weighted by Crippen LogP contribution is 2.45. The molecule has 0 fully saturated rings. The van der Waals surface area contributed by atoms with Gasteiger partial charge in [-0.1, -0.05) is 19.9 Å². The number of amides is 2. The SMILES string of the molecule is CN1C(=O)NC(c2ccc3c(c2)OCO3)C2=C1CC(C)(C)CC2=O. The normalized spacial score (nSPS) is 24.8. The number of nitrogens with zero attached hydrogens (tertiary/aromatic N) is 1. The van der Waals surface area contributed by atoms with E-state index in [0.717, 1.165) is 11.3 Å². The molecular formula is C18H20N2O4. The van der Waals surface area contributed by atoms with Gasteiger partial charge in [0.05, 0.1) is 6.04 Å². The average molecular weight is 328 g/mol. The van der Waals surface area contributed by atoms with E-state index in [0.29, 0.717) is 29.9 Å². The van der Waals surface area contributed by atoms with Crippen LogP contribution in [0.25, 0.3) is 0 Å². The highest BCUT2D eigenvalue weighted by Gasteiger charge is 2.42. The number of carbonyl (C=O) groups excluding carboxylic acids is 2. The van der Waals surface area contributed by atoms with Gasteiger partial charge < -0.3 is 19.7 Å². The zero-order chi connectivity index (χ0) is 17.1. The molecule has 1 aromatic rings. The first kappa shape index (κ1) is 15.1. The Kier molecular flexibility index (Phi) is 3.13. The van der Waals surface area contributed by atoms with Gasteiger partial charge in [0.2, 0.25) is 6.79 Å². The van der Waals surface area contributed by atoms with Gasteiger partial charge in [-0.2, -0.15) is 0 Å². The number of allylic oxidation sites excluding steroid dienone is 1. The van der Waals surface area contributed by atoms with Crippen molar-refractivity contribution in [3.63, 3.8) is 0 Å². The van der Waals surface area contributed by atoms with Gasteiger partial charge in [0, 0.05) is 24.7 Å². The standard InChI is InChI=1S/C18H20N2O4/c1-18(2)7-11-15(12(21)8-18)16(19-17(22)20(11)3)10-4-5-13-14(6-10)24-9-23-13/h4-6,16H,7-9H2,1-3H3,(H,19,22). The van der Waals surface area contributed by atoms with E-state index in [9.17, 15) is 9.59 Å². The van der Waals surface area contributed by atoms with Crippen molar-refractivity contribution in [2.24, 2.45) is 5.41 Å². The van der Waals surface area contributed by atoms with Crippen LogP contribution >= 0.6 is 0 Å². The maximum absolute atomic E-state index is 12.8. The van der Waals surface area contributed by atoms with E-state index in [4.69, 9.17) is 9.47 Å². The van der Waals surface area contributed by atoms with Crippen molar-refractivity contribution in [3.8, 4) is 11.5 Å². The van der Waals surface area contributed by atoms with E-state index in [-0.39, 0.29) is 24.0 Å². The molecule has 4 rings (SSSR count). The van der Waals surface area contributed by atoms with Crippen LogP contribution in [-0.2, 0) is 4.79 Å². The van der Waals surface area contributed by atoms with Crippen molar-refractivity contribution in [3.05, 3.63) is 35.0 Å². The lowest BCUT2D eigenvalue weighted by atomic mass is 9.72. The molecule has 24 heavy (non-hydrogen) atoms. The number of Topliss-reactive ketones (excluding diaryl/α,β-unsaturated/α-hetero) is 1. The minimum atomic E-state index is -0.443. The molecule has 1 atom stereocenters. The van der Waals surface area contributed by atoms with E-state index >= 15 is 0 Å². The molecule has 3 aliphatic rings. The molecule has 1 unspecified atom stereocenters. The Balaban J connectivity index is 1.82. The number of carbonyl (C=O) groups is 2. The van der Waals surface area contributed by atoms with Crippen LogP contribution in [0, 0.1) is 5.41 Å². The Bertz CT molecular complexity index is 781. The first-order chi connectivity index (χ1) is 11.4. The van der Waals surface area contributed by atoms with Gasteiger partial charge in [-0.05, 0) is 29.5 Å². The fraction of sp³-hybridized carbons (Fsp3) is 0.444. The molecule has 0 aromatic heterocycles. The van der Waals surface area contributed by atoms with Gasteiger partial charge in [0.25, 0.3) is 0 Å². The summed E-state index contributed by atoms with van der Waals surface area (Å²) in [6, 6.07) is 4.90. The zero-order valence-corrected chi connectivity index (χ0v) is 14.0. The quantitative estimate of drug-likeness (QED) is 0.861. The predicted octanol–water partition coefficient (Wildman–Crippen LogP) is 2.75. The van der Waals surface area contributed by atoms with E-state index < -0.39 is 6.04 Å². The van der Waals surface area contributed by atoms with Crippen molar-refractivity contribution < 1.29 is 19.1 Å². The maximum Gasteiger partial charge on any atom is 0.322 e. The summed E-state index contributed by atoms with van der Waals surface area (Å²) in [6.45, 7) is 4.31. The number of rotatable bonds is 1. The number of benzene rings is 1. The Morgan fingerprint density at radius 2 is 1.92 bits per heavy atom. The lowest BCUT2D eigenvalue weighted by Gasteiger charge is -2.42. The van der Waals surface area contributed by atoms with E-state index in [1.165, 1.54) is 0 Å². The largest absolute Gasteiger partial charge is 0.454 e. The summed E-state index contributed by atoms with van der Waals surface area (Å²) in [7, 11) is 1.72. The lowest BCUT2D eigenvalue weighted by Crippen LogP contribution is -2.49. The van der Waals surface area contributed by atoms with Crippen molar-refractivity contribution in [1.29, 1.82) is 0 Å². The predicted molar refractivity (Wildman–Crippen MR) is 86.6 cm³/mol. The second kappa shape index (κ2) is 5.00. The third kappa shape index (κ3) is 2.25. The smallest absolute Gasteiger partial charge is 0.322 e. The Morgan fingerprint density at radius 1 is 1.17 bits per heavy atom. The Morgan fingerprint density at radius 3 is 2.71 bits per heavy atom. The number of nitrogens with one attached hydrogen (secondary N) is 1. The summed E-state index contributed by atoms with van der Waals surface area (Å²) < 4.78 is 10.8. The molecule has 0 bridgehead atoms. The van der Waals surface area contributed by atoms with Crippen LogP contribution < -0.4 is 14.8 Å². The van der Waals surface area contributed by atoms with E-state index in [2.05, 4.69) is 19.2 Å². The fourth-order valence-corrected chi connectivity index (χ4v) is 3.69. The molecule has 1 aromatic carbocycles. The number of hydrogen-bond acceptors (Lipinski definition) is 4. The first-order valence-corrected chi connectivity index (χ1v) is 8.06. The highest BCUT2D eigenvalue weighted by molar-refractivity contribution is 6.01. The maximum atomic E-state index is 12.8. The summed E-state index contributed by atoms with van der Waals surface area (Å²) in [5.41, 5.74) is 2.21. The third-order valence-electron chi connectivity index (χ3n) is 4.89. The molecule has 0 saturated carbocycles. The van der Waals surface area contributed by atoms with Crippen LogP contribution in [-0.4, -0.2) is 30.6 Å². The zero-order valence-electron chi connectivity index (χ0n) is 14.0. The van der Waals surface area contributed by atoms with Gasteiger partial charge in [0.1, 0.15) is 0 Å². The molecule has 2 heterocycles. The summed E-state index contributed by atoms with van der Waals surface area (Å²) >= 11 is 0. The molecule has 126 valence electrons. The van der Waals surface area contributed by atoms with Crippen molar-refractivity contribution >= 4 is 11.8 Å². The summed E-state index contributed by atoms with van der Waals surface area (Å²) in [5, 5.41) is 2.94. The monoisotopic (exact) mass is 328 g/mol. The first-order valence-electron chi connectivity index (χ1n) is 8.06. The number of ether oxygens (including phenoxy) is 2. The number of fused-ring (bicyclic) bond motifs is 1. The van der Waals surface area contributed by atoms with Gasteiger partial charge in [0.15, 0.2) is 17.3 Å². The molecule has 0 saturated heterocycles. The van der Waals surface area contributed by atoms with Crippen LogP contribution in [0.1, 0.15) is 38.3 Å². The van der Waals surface area contributed by atoms with Gasteiger partial charge >= 0.3 is 6.03 Å². The van der Waals surface area contributed by atoms with Gasteiger partial charge in [-0.15, -0.1) is 0 Å². The molecule has 2 aliphatic heterocycles. The van der Waals surface area contributed by atoms with Crippen molar-refractivity contribution in [2.45, 2.75) is 32.7 Å². The van der Waals surface area contributed by atoms with Crippen LogP contribution in [0.15, 0.2) is 29.5 Å². The van der Waals surface area contributed by atoms with Crippen molar-refractivity contribution in [1.82, 2.24) is 10.2 Å². The number of ketones is 1. The molecule has 6 heteroatoms. The van der Waals surface area contributed by atoms with Gasteiger partial charge in [-0.3, -0.25) is 4.79 Å². The highest BCUT2D eigenvalue weighted by atomic mass is 16.7. The molecule has 0 radical (unpaired) electrons. The summed E-state index contributed by atoms with van der Waals surface area (Å²) in [4.78, 5) is 26.8. The van der Waals surface area contributed by atoms with Crippen LogP contribution in [0.2, 0.25) is 0 Å². The Labute approximate surface area is 140 Å². The average Bonchev–Trinajstić information content (AvgIpc) is 2.97.